The van der Waals surface area contributed by atoms with Crippen molar-refractivity contribution < 1.29 is 14.7 Å². The Morgan fingerprint density at radius 3 is 2.29 bits per heavy atom. The van der Waals surface area contributed by atoms with Crippen LogP contribution in [0.5, 0.6) is 0 Å². The maximum absolute atomic E-state index is 10.9. The van der Waals surface area contributed by atoms with Gasteiger partial charge in [0.2, 0.25) is 5.91 Å². The summed E-state index contributed by atoms with van der Waals surface area (Å²) in [5.41, 5.74) is 3.45. The summed E-state index contributed by atoms with van der Waals surface area (Å²) in [7, 11) is 0. The number of amides is 2. The van der Waals surface area contributed by atoms with Gasteiger partial charge in [0, 0.05) is 16.9 Å². The minimum Gasteiger partial charge on any atom is -0.378 e. The third-order valence-corrected chi connectivity index (χ3v) is 3.40. The predicted molar refractivity (Wildman–Crippen MR) is 78.8 cm³/mol. The highest BCUT2D eigenvalue weighted by molar-refractivity contribution is 6.01. The van der Waals surface area contributed by atoms with E-state index < -0.39 is 6.10 Å². The molecule has 2 aliphatic rings. The van der Waals surface area contributed by atoms with Crippen LogP contribution < -0.4 is 10.6 Å². The van der Waals surface area contributed by atoms with Crippen LogP contribution in [0.25, 0.3) is 0 Å². The SMILES string of the molecule is O=C1Cc2ccccc2N1.O=C1Nc2ccccc2C1O. The number of para-hydroxylation sites is 2. The van der Waals surface area contributed by atoms with E-state index in [4.69, 9.17) is 0 Å². The number of aliphatic hydroxyl groups excluding tert-OH is 1. The molecule has 0 aromatic heterocycles. The first-order chi connectivity index (χ1) is 10.1. The average molecular weight is 282 g/mol. The molecular weight excluding hydrogens is 268 g/mol. The summed E-state index contributed by atoms with van der Waals surface area (Å²) in [4.78, 5) is 21.7. The number of nitrogens with one attached hydrogen (secondary N) is 2. The second-order valence-electron chi connectivity index (χ2n) is 4.86. The summed E-state index contributed by atoms with van der Waals surface area (Å²) in [5.74, 6) is -0.243. The van der Waals surface area contributed by atoms with Crippen molar-refractivity contribution in [1.29, 1.82) is 0 Å². The number of carbonyl (C=O) groups excluding carboxylic acids is 2. The molecule has 106 valence electrons. The van der Waals surface area contributed by atoms with Gasteiger partial charge in [0.05, 0.1) is 6.42 Å². The van der Waals surface area contributed by atoms with E-state index in [1.54, 1.807) is 18.2 Å². The van der Waals surface area contributed by atoms with Crippen molar-refractivity contribution in [2.24, 2.45) is 0 Å². The van der Waals surface area contributed by atoms with Crippen LogP contribution in [0.1, 0.15) is 17.2 Å². The smallest absolute Gasteiger partial charge is 0.257 e. The van der Waals surface area contributed by atoms with E-state index in [9.17, 15) is 14.7 Å². The second-order valence-corrected chi connectivity index (χ2v) is 4.86. The minimum absolute atomic E-state index is 0.0983. The van der Waals surface area contributed by atoms with Crippen molar-refractivity contribution in [2.75, 3.05) is 10.6 Å². The normalized spacial score (nSPS) is 18.0. The van der Waals surface area contributed by atoms with Crippen LogP contribution in [0.15, 0.2) is 48.5 Å². The lowest BCUT2D eigenvalue weighted by molar-refractivity contribution is -0.123. The Morgan fingerprint density at radius 2 is 1.57 bits per heavy atom. The highest BCUT2D eigenvalue weighted by Crippen LogP contribution is 2.29. The largest absolute Gasteiger partial charge is 0.378 e. The standard InChI is InChI=1S/C8H7NO2.C8H7NO/c10-7-5-3-1-2-4-6(5)9-8(7)11;10-8-5-6-3-1-2-4-7(6)9-8/h1-4,7,10H,(H,9,11);1-4H,5H2,(H,9,10). The van der Waals surface area contributed by atoms with Crippen LogP contribution in [0.4, 0.5) is 11.4 Å². The summed E-state index contributed by atoms with van der Waals surface area (Å²) >= 11 is 0. The summed E-state index contributed by atoms with van der Waals surface area (Å²) in [5, 5.41) is 14.6. The van der Waals surface area contributed by atoms with Gasteiger partial charge in [-0.25, -0.2) is 0 Å². The molecule has 21 heavy (non-hydrogen) atoms. The van der Waals surface area contributed by atoms with E-state index >= 15 is 0 Å². The van der Waals surface area contributed by atoms with Gasteiger partial charge in [-0.1, -0.05) is 36.4 Å². The molecule has 1 unspecified atom stereocenters. The third-order valence-electron chi connectivity index (χ3n) is 3.40. The number of aliphatic hydroxyl groups is 1. The summed E-state index contributed by atoms with van der Waals surface area (Å²) < 4.78 is 0. The second kappa shape index (κ2) is 5.38. The fourth-order valence-corrected chi connectivity index (χ4v) is 2.36. The van der Waals surface area contributed by atoms with Crippen LogP contribution in [-0.2, 0) is 16.0 Å². The van der Waals surface area contributed by atoms with E-state index in [2.05, 4.69) is 10.6 Å². The van der Waals surface area contributed by atoms with Gasteiger partial charge in [-0.15, -0.1) is 0 Å². The van der Waals surface area contributed by atoms with Crippen molar-refractivity contribution in [3.05, 3.63) is 59.7 Å². The molecule has 0 saturated heterocycles. The summed E-state index contributed by atoms with van der Waals surface area (Å²) in [6.45, 7) is 0. The zero-order chi connectivity index (χ0) is 14.8. The Kier molecular flexibility index (Phi) is 3.41. The Bertz CT molecular complexity index is 685. The molecule has 0 aliphatic carbocycles. The van der Waals surface area contributed by atoms with E-state index in [1.807, 2.05) is 30.3 Å². The summed E-state index contributed by atoms with van der Waals surface area (Å²) in [6, 6.07) is 14.9. The molecule has 4 rings (SSSR count). The lowest BCUT2D eigenvalue weighted by atomic mass is 10.1. The Balaban J connectivity index is 0.000000126. The fourth-order valence-electron chi connectivity index (χ4n) is 2.36. The molecule has 3 N–H and O–H groups in total. The van der Waals surface area contributed by atoms with E-state index in [0.717, 1.165) is 11.3 Å². The van der Waals surface area contributed by atoms with Crippen molar-refractivity contribution in [2.45, 2.75) is 12.5 Å². The molecule has 0 bridgehead atoms. The zero-order valence-corrected chi connectivity index (χ0v) is 11.2. The number of carbonyl (C=O) groups is 2. The molecule has 2 amide bonds. The molecule has 1 atom stereocenters. The van der Waals surface area contributed by atoms with Gasteiger partial charge in [0.1, 0.15) is 0 Å². The molecule has 0 radical (unpaired) electrons. The lowest BCUT2D eigenvalue weighted by Gasteiger charge is -1.96. The molecular formula is C16H14N2O3. The molecule has 2 aromatic carbocycles. The van der Waals surface area contributed by atoms with Crippen LogP contribution >= 0.6 is 0 Å². The predicted octanol–water partition coefficient (Wildman–Crippen LogP) is 1.85. The first-order valence-electron chi connectivity index (χ1n) is 6.61. The fraction of sp³-hybridized carbons (Fsp3) is 0.125. The Morgan fingerprint density at radius 1 is 0.905 bits per heavy atom. The van der Waals surface area contributed by atoms with Crippen LogP contribution in [0.3, 0.4) is 0 Å². The number of hydrogen-bond donors (Lipinski definition) is 3. The van der Waals surface area contributed by atoms with Crippen molar-refractivity contribution in [3.8, 4) is 0 Å². The van der Waals surface area contributed by atoms with Crippen LogP contribution in [0, 0.1) is 0 Å². The number of benzene rings is 2. The average Bonchev–Trinajstić information content (AvgIpc) is 3.00. The maximum Gasteiger partial charge on any atom is 0.257 e. The topological polar surface area (TPSA) is 78.4 Å². The van der Waals surface area contributed by atoms with Crippen molar-refractivity contribution >= 4 is 23.2 Å². The van der Waals surface area contributed by atoms with E-state index in [1.165, 1.54) is 0 Å². The molecule has 5 nitrogen and oxygen atoms in total. The molecule has 5 heteroatoms. The Labute approximate surface area is 121 Å². The van der Waals surface area contributed by atoms with Gasteiger partial charge < -0.3 is 15.7 Å². The van der Waals surface area contributed by atoms with Crippen LogP contribution in [0.2, 0.25) is 0 Å². The van der Waals surface area contributed by atoms with Gasteiger partial charge in [-0.05, 0) is 17.7 Å². The highest BCUT2D eigenvalue weighted by atomic mass is 16.3. The number of fused-ring (bicyclic) bond motifs is 2. The minimum atomic E-state index is -0.980. The molecule has 2 aliphatic heterocycles. The zero-order valence-electron chi connectivity index (χ0n) is 11.2. The molecule has 0 spiro atoms. The monoisotopic (exact) mass is 282 g/mol. The van der Waals surface area contributed by atoms with Crippen molar-refractivity contribution in [3.63, 3.8) is 0 Å². The third kappa shape index (κ3) is 2.64. The first kappa shape index (κ1) is 13.3. The molecule has 2 heterocycles. The lowest BCUT2D eigenvalue weighted by Crippen LogP contribution is -2.10. The van der Waals surface area contributed by atoms with Gasteiger partial charge >= 0.3 is 0 Å². The molecule has 0 fully saturated rings. The van der Waals surface area contributed by atoms with E-state index in [0.29, 0.717) is 17.7 Å². The first-order valence-corrected chi connectivity index (χ1v) is 6.61. The number of anilines is 2. The van der Waals surface area contributed by atoms with E-state index in [-0.39, 0.29) is 11.8 Å². The van der Waals surface area contributed by atoms with Gasteiger partial charge in [0.15, 0.2) is 6.10 Å². The molecule has 2 aromatic rings. The van der Waals surface area contributed by atoms with Gasteiger partial charge in [0.25, 0.3) is 5.91 Å². The van der Waals surface area contributed by atoms with Crippen LogP contribution in [-0.4, -0.2) is 16.9 Å². The van der Waals surface area contributed by atoms with Gasteiger partial charge in [-0.3, -0.25) is 9.59 Å². The molecule has 0 saturated carbocycles. The maximum atomic E-state index is 10.9. The Hall–Kier alpha value is -2.66. The number of rotatable bonds is 0. The summed E-state index contributed by atoms with van der Waals surface area (Å²) in [6.07, 6.45) is -0.443. The quantitative estimate of drug-likeness (QED) is 0.690. The van der Waals surface area contributed by atoms with Crippen molar-refractivity contribution in [1.82, 2.24) is 0 Å². The highest BCUT2D eigenvalue weighted by Gasteiger charge is 2.27. The van der Waals surface area contributed by atoms with Gasteiger partial charge in [-0.2, -0.15) is 0 Å². The number of hydrogen-bond acceptors (Lipinski definition) is 3.